The van der Waals surface area contributed by atoms with Gasteiger partial charge in [0.1, 0.15) is 0 Å². The maximum absolute atomic E-state index is 12.1. The minimum Gasteiger partial charge on any atom is -0.453 e. The number of urea groups is 1. The Bertz CT molecular complexity index is 592. The summed E-state index contributed by atoms with van der Waals surface area (Å²) in [4.78, 5) is 38.7. The Labute approximate surface area is 141 Å². The van der Waals surface area contributed by atoms with E-state index in [0.717, 1.165) is 5.56 Å². The van der Waals surface area contributed by atoms with Crippen LogP contribution < -0.4 is 5.32 Å². The number of piperazine rings is 1. The van der Waals surface area contributed by atoms with Gasteiger partial charge in [0.25, 0.3) is 0 Å². The van der Waals surface area contributed by atoms with Gasteiger partial charge in [-0.05, 0) is 6.92 Å². The van der Waals surface area contributed by atoms with Crippen molar-refractivity contribution in [1.29, 1.82) is 0 Å². The summed E-state index contributed by atoms with van der Waals surface area (Å²) in [5, 5.41) is 2.75. The standard InChI is InChI=1S/C17H23N3O4/c1-13-3-5-14(6-4-13)15(21)7-8-18-16(22)19-9-11-20(12-10-19)17(23)24-2/h3-6H,7-12H2,1-2H3,(H,18,22). The molecule has 1 aromatic carbocycles. The van der Waals surface area contributed by atoms with Crippen molar-refractivity contribution in [3.63, 3.8) is 0 Å². The van der Waals surface area contributed by atoms with Crippen molar-refractivity contribution in [1.82, 2.24) is 15.1 Å². The monoisotopic (exact) mass is 333 g/mol. The molecule has 24 heavy (non-hydrogen) atoms. The molecule has 1 heterocycles. The number of carbonyl (C=O) groups is 3. The molecule has 7 heteroatoms. The van der Waals surface area contributed by atoms with Crippen LogP contribution >= 0.6 is 0 Å². The van der Waals surface area contributed by atoms with Crippen LogP contribution in [0.3, 0.4) is 0 Å². The van der Waals surface area contributed by atoms with E-state index in [1.165, 1.54) is 7.11 Å². The third kappa shape index (κ3) is 4.71. The van der Waals surface area contributed by atoms with E-state index in [9.17, 15) is 14.4 Å². The largest absolute Gasteiger partial charge is 0.453 e. The van der Waals surface area contributed by atoms with Gasteiger partial charge in [-0.15, -0.1) is 0 Å². The van der Waals surface area contributed by atoms with Crippen molar-refractivity contribution in [2.75, 3.05) is 39.8 Å². The summed E-state index contributed by atoms with van der Waals surface area (Å²) in [5.74, 6) is 0.00538. The fourth-order valence-electron chi connectivity index (χ4n) is 2.50. The molecule has 1 N–H and O–H groups in total. The fraction of sp³-hybridized carbons (Fsp3) is 0.471. The lowest BCUT2D eigenvalue weighted by atomic mass is 10.1. The molecule has 1 saturated heterocycles. The third-order valence-electron chi connectivity index (χ3n) is 4.00. The minimum atomic E-state index is -0.376. The number of hydrogen-bond donors (Lipinski definition) is 1. The summed E-state index contributed by atoms with van der Waals surface area (Å²) in [6.45, 7) is 4.06. The molecule has 0 unspecified atom stereocenters. The third-order valence-corrected chi connectivity index (χ3v) is 4.00. The molecular weight excluding hydrogens is 310 g/mol. The van der Waals surface area contributed by atoms with Crippen LogP contribution in [0.2, 0.25) is 0 Å². The van der Waals surface area contributed by atoms with Crippen LogP contribution in [0.1, 0.15) is 22.3 Å². The van der Waals surface area contributed by atoms with Crippen LogP contribution in [0.4, 0.5) is 9.59 Å². The number of nitrogens with zero attached hydrogens (tertiary/aromatic N) is 2. The number of nitrogens with one attached hydrogen (secondary N) is 1. The molecule has 0 aliphatic carbocycles. The smallest absolute Gasteiger partial charge is 0.409 e. The highest BCUT2D eigenvalue weighted by Gasteiger charge is 2.24. The van der Waals surface area contributed by atoms with Crippen molar-refractivity contribution in [3.8, 4) is 0 Å². The summed E-state index contributed by atoms with van der Waals surface area (Å²) in [5.41, 5.74) is 1.76. The van der Waals surface area contributed by atoms with Crippen LogP contribution in [0.5, 0.6) is 0 Å². The highest BCUT2D eigenvalue weighted by atomic mass is 16.5. The first kappa shape index (κ1) is 17.8. The van der Waals surface area contributed by atoms with E-state index in [-0.39, 0.29) is 24.3 Å². The Morgan fingerprint density at radius 3 is 2.21 bits per heavy atom. The average molecular weight is 333 g/mol. The fourth-order valence-corrected chi connectivity index (χ4v) is 2.50. The number of benzene rings is 1. The van der Waals surface area contributed by atoms with Gasteiger partial charge in [0.15, 0.2) is 5.78 Å². The maximum Gasteiger partial charge on any atom is 0.409 e. The van der Waals surface area contributed by atoms with Crippen molar-refractivity contribution >= 4 is 17.9 Å². The number of amides is 3. The van der Waals surface area contributed by atoms with Gasteiger partial charge in [-0.2, -0.15) is 0 Å². The first-order valence-corrected chi connectivity index (χ1v) is 7.97. The van der Waals surface area contributed by atoms with Crippen LogP contribution in [0.25, 0.3) is 0 Å². The van der Waals surface area contributed by atoms with E-state index < -0.39 is 0 Å². The molecule has 130 valence electrons. The summed E-state index contributed by atoms with van der Waals surface area (Å²) >= 11 is 0. The Hall–Kier alpha value is -2.57. The molecule has 0 aromatic heterocycles. The van der Waals surface area contributed by atoms with Crippen LogP contribution in [-0.4, -0.2) is 67.5 Å². The van der Waals surface area contributed by atoms with E-state index >= 15 is 0 Å². The predicted octanol–water partition coefficient (Wildman–Crippen LogP) is 1.66. The zero-order chi connectivity index (χ0) is 17.5. The zero-order valence-electron chi connectivity index (χ0n) is 14.1. The number of carbonyl (C=O) groups excluding carboxylic acids is 3. The van der Waals surface area contributed by atoms with E-state index in [1.807, 2.05) is 19.1 Å². The van der Waals surface area contributed by atoms with Crippen molar-refractivity contribution in [3.05, 3.63) is 35.4 Å². The number of rotatable bonds is 4. The molecule has 1 aliphatic rings. The molecule has 1 fully saturated rings. The second-order valence-electron chi connectivity index (χ2n) is 5.72. The van der Waals surface area contributed by atoms with Gasteiger partial charge in [-0.1, -0.05) is 29.8 Å². The van der Waals surface area contributed by atoms with Crippen LogP contribution in [0, 0.1) is 6.92 Å². The van der Waals surface area contributed by atoms with Crippen molar-refractivity contribution < 1.29 is 19.1 Å². The summed E-state index contributed by atoms with van der Waals surface area (Å²) < 4.78 is 4.66. The molecule has 0 spiro atoms. The van der Waals surface area contributed by atoms with Crippen LogP contribution in [-0.2, 0) is 4.74 Å². The normalized spacial score (nSPS) is 14.2. The second kappa shape index (κ2) is 8.33. The highest BCUT2D eigenvalue weighted by Crippen LogP contribution is 2.06. The Balaban J connectivity index is 1.71. The van der Waals surface area contributed by atoms with E-state index in [0.29, 0.717) is 38.3 Å². The number of ether oxygens (including phenoxy) is 1. The molecule has 7 nitrogen and oxygen atoms in total. The van der Waals surface area contributed by atoms with Crippen LogP contribution in [0.15, 0.2) is 24.3 Å². The first-order chi connectivity index (χ1) is 11.5. The van der Waals surface area contributed by atoms with Gasteiger partial charge in [0, 0.05) is 44.7 Å². The zero-order valence-corrected chi connectivity index (χ0v) is 14.1. The Kier molecular flexibility index (Phi) is 6.17. The van der Waals surface area contributed by atoms with Crippen molar-refractivity contribution in [2.24, 2.45) is 0 Å². The van der Waals surface area contributed by atoms with Gasteiger partial charge < -0.3 is 19.9 Å². The van der Waals surface area contributed by atoms with Gasteiger partial charge in [0.05, 0.1) is 7.11 Å². The number of ketones is 1. The molecule has 0 radical (unpaired) electrons. The summed E-state index contributed by atoms with van der Waals surface area (Å²) in [6.07, 6.45) is -0.115. The highest BCUT2D eigenvalue weighted by molar-refractivity contribution is 5.96. The predicted molar refractivity (Wildman–Crippen MR) is 89.1 cm³/mol. The topological polar surface area (TPSA) is 79.0 Å². The summed E-state index contributed by atoms with van der Waals surface area (Å²) in [6, 6.07) is 7.17. The SMILES string of the molecule is COC(=O)N1CCN(C(=O)NCCC(=O)c2ccc(C)cc2)CC1. The molecule has 2 rings (SSSR count). The van der Waals surface area contributed by atoms with E-state index in [4.69, 9.17) is 0 Å². The maximum atomic E-state index is 12.1. The van der Waals surface area contributed by atoms with Gasteiger partial charge in [0.2, 0.25) is 0 Å². The molecule has 0 bridgehead atoms. The molecule has 1 aliphatic heterocycles. The number of aryl methyl sites for hydroxylation is 1. The lowest BCUT2D eigenvalue weighted by Crippen LogP contribution is -2.53. The Morgan fingerprint density at radius 1 is 1.04 bits per heavy atom. The number of Topliss-reactive ketones (excluding diaryl/α,β-unsaturated/α-hetero) is 1. The van der Waals surface area contributed by atoms with Crippen molar-refractivity contribution in [2.45, 2.75) is 13.3 Å². The number of methoxy groups -OCH3 is 1. The summed E-state index contributed by atoms with van der Waals surface area (Å²) in [7, 11) is 1.34. The van der Waals surface area contributed by atoms with E-state index in [2.05, 4.69) is 10.1 Å². The Morgan fingerprint density at radius 2 is 1.62 bits per heavy atom. The second-order valence-corrected chi connectivity index (χ2v) is 5.72. The molecule has 0 atom stereocenters. The molecular formula is C17H23N3O4. The van der Waals surface area contributed by atoms with Gasteiger partial charge >= 0.3 is 12.1 Å². The molecule has 1 aromatic rings. The lowest BCUT2D eigenvalue weighted by Gasteiger charge is -2.33. The minimum absolute atomic E-state index is 0.00538. The van der Waals surface area contributed by atoms with Gasteiger partial charge in [-0.25, -0.2) is 9.59 Å². The van der Waals surface area contributed by atoms with E-state index in [1.54, 1.807) is 21.9 Å². The first-order valence-electron chi connectivity index (χ1n) is 7.97. The van der Waals surface area contributed by atoms with Gasteiger partial charge in [-0.3, -0.25) is 4.79 Å². The average Bonchev–Trinajstić information content (AvgIpc) is 2.61. The number of hydrogen-bond acceptors (Lipinski definition) is 4. The lowest BCUT2D eigenvalue weighted by molar-refractivity contribution is 0.0953. The quantitative estimate of drug-likeness (QED) is 0.850. The molecule has 0 saturated carbocycles. The molecule has 3 amide bonds.